The number of anilines is 1. The van der Waals surface area contributed by atoms with Gasteiger partial charge in [-0.1, -0.05) is 18.2 Å². The second-order valence-electron chi connectivity index (χ2n) is 5.39. The quantitative estimate of drug-likeness (QED) is 0.556. The third-order valence-electron chi connectivity index (χ3n) is 3.75. The van der Waals surface area contributed by atoms with E-state index in [0.29, 0.717) is 28.3 Å². The summed E-state index contributed by atoms with van der Waals surface area (Å²) >= 11 is 0. The van der Waals surface area contributed by atoms with Gasteiger partial charge in [-0.05, 0) is 42.0 Å². The second kappa shape index (κ2) is 7.43. The summed E-state index contributed by atoms with van der Waals surface area (Å²) in [5, 5.41) is 14.1. The molecule has 0 spiro atoms. The van der Waals surface area contributed by atoms with Crippen LogP contribution in [0.25, 0.3) is 11.1 Å². The van der Waals surface area contributed by atoms with Crippen molar-refractivity contribution in [1.82, 2.24) is 4.98 Å². The van der Waals surface area contributed by atoms with Gasteiger partial charge in [0.15, 0.2) is 0 Å². The van der Waals surface area contributed by atoms with Crippen molar-refractivity contribution in [1.29, 1.82) is 0 Å². The molecule has 0 saturated carbocycles. The number of ether oxygens (including phenoxy) is 1. The molecule has 3 rings (SSSR count). The number of hydrogen-bond acceptors (Lipinski definition) is 5. The Kier molecular flexibility index (Phi) is 4.89. The predicted octanol–water partition coefficient (Wildman–Crippen LogP) is 3.92. The van der Waals surface area contributed by atoms with Gasteiger partial charge in [-0.2, -0.15) is 0 Å². The standard InChI is InChI=1S/C19H15N3O4/c1-26-15-7-8-16(17(12-15)22(24)25)14-9-10-20-18(11-14)21-19(23)13-5-3-2-4-6-13/h2-12H,1H3,(H,20,21,23). The maximum atomic E-state index is 12.2. The Hall–Kier alpha value is -3.74. The number of aromatic nitrogens is 1. The average molecular weight is 349 g/mol. The number of carbonyl (C=O) groups is 1. The molecule has 7 heteroatoms. The first kappa shape index (κ1) is 17.1. The molecule has 1 heterocycles. The lowest BCUT2D eigenvalue weighted by atomic mass is 10.0. The molecule has 1 amide bonds. The van der Waals surface area contributed by atoms with E-state index in [-0.39, 0.29) is 11.6 Å². The summed E-state index contributed by atoms with van der Waals surface area (Å²) in [6, 6.07) is 16.6. The van der Waals surface area contributed by atoms with E-state index in [1.165, 1.54) is 19.4 Å². The number of nitrogens with one attached hydrogen (secondary N) is 1. The Morgan fingerprint density at radius 2 is 1.88 bits per heavy atom. The molecule has 0 aliphatic carbocycles. The number of benzene rings is 2. The van der Waals surface area contributed by atoms with Crippen LogP contribution in [0.3, 0.4) is 0 Å². The van der Waals surface area contributed by atoms with Crippen molar-refractivity contribution in [2.45, 2.75) is 0 Å². The summed E-state index contributed by atoms with van der Waals surface area (Å²) in [6.45, 7) is 0. The van der Waals surface area contributed by atoms with Crippen molar-refractivity contribution < 1.29 is 14.5 Å². The van der Waals surface area contributed by atoms with Gasteiger partial charge in [0.25, 0.3) is 11.6 Å². The predicted molar refractivity (Wildman–Crippen MR) is 97.3 cm³/mol. The van der Waals surface area contributed by atoms with E-state index < -0.39 is 4.92 Å². The number of rotatable bonds is 5. The van der Waals surface area contributed by atoms with Gasteiger partial charge >= 0.3 is 0 Å². The fraction of sp³-hybridized carbons (Fsp3) is 0.0526. The number of amides is 1. The van der Waals surface area contributed by atoms with Gasteiger partial charge < -0.3 is 10.1 Å². The molecule has 7 nitrogen and oxygen atoms in total. The van der Waals surface area contributed by atoms with Crippen LogP contribution in [0.15, 0.2) is 66.9 Å². The Balaban J connectivity index is 1.93. The summed E-state index contributed by atoms with van der Waals surface area (Å²) in [5.41, 5.74) is 1.39. The van der Waals surface area contributed by atoms with E-state index >= 15 is 0 Å². The number of carbonyl (C=O) groups excluding carboxylic acids is 1. The molecule has 0 aliphatic heterocycles. The number of nitro groups is 1. The maximum absolute atomic E-state index is 12.2. The van der Waals surface area contributed by atoms with Gasteiger partial charge in [-0.3, -0.25) is 14.9 Å². The van der Waals surface area contributed by atoms with E-state index in [2.05, 4.69) is 10.3 Å². The molecule has 0 unspecified atom stereocenters. The normalized spacial score (nSPS) is 10.2. The van der Waals surface area contributed by atoms with Gasteiger partial charge in [-0.25, -0.2) is 4.98 Å². The first-order chi connectivity index (χ1) is 12.6. The van der Waals surface area contributed by atoms with Crippen LogP contribution in [-0.2, 0) is 0 Å². The van der Waals surface area contributed by atoms with Crippen molar-refractivity contribution >= 4 is 17.4 Å². The van der Waals surface area contributed by atoms with E-state index in [4.69, 9.17) is 4.74 Å². The summed E-state index contributed by atoms with van der Waals surface area (Å²) < 4.78 is 5.05. The van der Waals surface area contributed by atoms with Gasteiger partial charge in [0.2, 0.25) is 0 Å². The number of hydrogen-bond donors (Lipinski definition) is 1. The maximum Gasteiger partial charge on any atom is 0.280 e. The molecule has 26 heavy (non-hydrogen) atoms. The van der Waals surface area contributed by atoms with Crippen molar-refractivity contribution in [3.63, 3.8) is 0 Å². The number of nitrogens with zero attached hydrogens (tertiary/aromatic N) is 2. The molecule has 0 radical (unpaired) electrons. The van der Waals surface area contributed by atoms with Gasteiger partial charge in [-0.15, -0.1) is 0 Å². The van der Waals surface area contributed by atoms with E-state index in [1.807, 2.05) is 6.07 Å². The highest BCUT2D eigenvalue weighted by Crippen LogP contribution is 2.33. The van der Waals surface area contributed by atoms with E-state index in [1.54, 1.807) is 48.5 Å². The Labute approximate surface area is 149 Å². The second-order valence-corrected chi connectivity index (χ2v) is 5.39. The molecule has 2 aromatic carbocycles. The summed E-state index contributed by atoms with van der Waals surface area (Å²) in [7, 11) is 1.45. The molecule has 0 aliphatic rings. The fourth-order valence-corrected chi connectivity index (χ4v) is 2.48. The van der Waals surface area contributed by atoms with Crippen LogP contribution < -0.4 is 10.1 Å². The molecule has 1 aromatic heterocycles. The highest BCUT2D eigenvalue weighted by molar-refractivity contribution is 6.04. The monoisotopic (exact) mass is 349 g/mol. The molecule has 0 saturated heterocycles. The number of methoxy groups -OCH3 is 1. The van der Waals surface area contributed by atoms with Crippen LogP contribution in [-0.4, -0.2) is 22.9 Å². The van der Waals surface area contributed by atoms with Gasteiger partial charge in [0.1, 0.15) is 11.6 Å². The minimum Gasteiger partial charge on any atom is -0.497 e. The molecule has 0 atom stereocenters. The molecule has 3 aromatic rings. The zero-order chi connectivity index (χ0) is 18.5. The Morgan fingerprint density at radius 1 is 1.12 bits per heavy atom. The fourth-order valence-electron chi connectivity index (χ4n) is 2.48. The van der Waals surface area contributed by atoms with Crippen molar-refractivity contribution in [3.8, 4) is 16.9 Å². The molecule has 1 N–H and O–H groups in total. The summed E-state index contributed by atoms with van der Waals surface area (Å²) in [6.07, 6.45) is 1.49. The lowest BCUT2D eigenvalue weighted by Crippen LogP contribution is -2.12. The van der Waals surface area contributed by atoms with E-state index in [9.17, 15) is 14.9 Å². The summed E-state index contributed by atoms with van der Waals surface area (Å²) in [5.74, 6) is 0.396. The van der Waals surface area contributed by atoms with Crippen molar-refractivity contribution in [2.75, 3.05) is 12.4 Å². The minimum absolute atomic E-state index is 0.0871. The topological polar surface area (TPSA) is 94.4 Å². The smallest absolute Gasteiger partial charge is 0.280 e. The highest BCUT2D eigenvalue weighted by atomic mass is 16.6. The number of nitro benzene ring substituents is 1. The highest BCUT2D eigenvalue weighted by Gasteiger charge is 2.17. The molecular formula is C19H15N3O4. The largest absolute Gasteiger partial charge is 0.497 e. The first-order valence-electron chi connectivity index (χ1n) is 7.74. The SMILES string of the molecule is COc1ccc(-c2ccnc(NC(=O)c3ccccc3)c2)c([N+](=O)[O-])c1. The zero-order valence-electron chi connectivity index (χ0n) is 13.9. The molecular weight excluding hydrogens is 334 g/mol. The van der Waals surface area contributed by atoms with Crippen LogP contribution in [0, 0.1) is 10.1 Å². The zero-order valence-corrected chi connectivity index (χ0v) is 13.9. The van der Waals surface area contributed by atoms with Crippen LogP contribution in [0.5, 0.6) is 5.75 Å². The molecule has 130 valence electrons. The Morgan fingerprint density at radius 3 is 2.58 bits per heavy atom. The van der Waals surface area contributed by atoms with Gasteiger partial charge in [0.05, 0.1) is 23.7 Å². The third-order valence-corrected chi connectivity index (χ3v) is 3.75. The van der Waals surface area contributed by atoms with Crippen LogP contribution in [0.1, 0.15) is 10.4 Å². The first-order valence-corrected chi connectivity index (χ1v) is 7.74. The van der Waals surface area contributed by atoms with Gasteiger partial charge in [0, 0.05) is 11.8 Å². The van der Waals surface area contributed by atoms with Crippen molar-refractivity contribution in [3.05, 3.63) is 82.5 Å². The van der Waals surface area contributed by atoms with Crippen LogP contribution in [0.4, 0.5) is 11.5 Å². The van der Waals surface area contributed by atoms with Crippen LogP contribution >= 0.6 is 0 Å². The minimum atomic E-state index is -0.472. The Bertz CT molecular complexity index is 958. The lowest BCUT2D eigenvalue weighted by molar-refractivity contribution is -0.384. The van der Waals surface area contributed by atoms with Crippen molar-refractivity contribution in [2.24, 2.45) is 0 Å². The average Bonchev–Trinajstić information content (AvgIpc) is 2.68. The molecule has 0 fully saturated rings. The number of pyridine rings is 1. The molecule has 0 bridgehead atoms. The third kappa shape index (κ3) is 3.67. The summed E-state index contributed by atoms with van der Waals surface area (Å²) in [4.78, 5) is 27.3. The lowest BCUT2D eigenvalue weighted by Gasteiger charge is -2.08. The van der Waals surface area contributed by atoms with E-state index in [0.717, 1.165) is 0 Å². The van der Waals surface area contributed by atoms with Crippen LogP contribution in [0.2, 0.25) is 0 Å².